The van der Waals surface area contributed by atoms with Gasteiger partial charge in [0.2, 0.25) is 0 Å². The van der Waals surface area contributed by atoms with Crippen molar-refractivity contribution in [2.24, 2.45) is 10.8 Å². The zero-order valence-corrected chi connectivity index (χ0v) is 25.4. The monoisotopic (exact) mass is 554 g/mol. The van der Waals surface area contributed by atoms with E-state index in [1.807, 2.05) is 56.3 Å². The van der Waals surface area contributed by atoms with Crippen molar-refractivity contribution in [1.82, 2.24) is 4.90 Å². The standard InChI is InChI=1S/C35H42N2O4/c1-8-37-26-16-34(4,5)18-28(38)32(26)31(33-27(37)17-35(6,7)19-29(33)39)23-12-10-13-24(15-23)41-20-30(40)36-25-14-9-11-21(2)22(25)3/h9-15,31H,8,16-20H2,1-7H3,(H,36,40). The van der Waals surface area contributed by atoms with E-state index in [1.165, 1.54) is 0 Å². The van der Waals surface area contributed by atoms with Crippen LogP contribution in [0, 0.1) is 24.7 Å². The third-order valence-corrected chi connectivity index (χ3v) is 8.78. The average Bonchev–Trinajstić information content (AvgIpc) is 2.88. The molecule has 2 aromatic rings. The summed E-state index contributed by atoms with van der Waals surface area (Å²) in [6.45, 7) is 15.3. The van der Waals surface area contributed by atoms with E-state index < -0.39 is 5.92 Å². The maximum atomic E-state index is 13.8. The fourth-order valence-corrected chi connectivity index (χ4v) is 6.77. The minimum Gasteiger partial charge on any atom is -0.484 e. The second-order valence-corrected chi connectivity index (χ2v) is 13.4. The van der Waals surface area contributed by atoms with Crippen LogP contribution in [0.15, 0.2) is 65.0 Å². The predicted molar refractivity (Wildman–Crippen MR) is 162 cm³/mol. The topological polar surface area (TPSA) is 75.7 Å². The molecule has 1 aliphatic heterocycles. The Morgan fingerprint density at radius 3 is 2.07 bits per heavy atom. The van der Waals surface area contributed by atoms with Gasteiger partial charge in [-0.05, 0) is 79.3 Å². The summed E-state index contributed by atoms with van der Waals surface area (Å²) in [7, 11) is 0. The molecule has 1 heterocycles. The maximum absolute atomic E-state index is 13.8. The number of amides is 1. The van der Waals surface area contributed by atoms with Crippen LogP contribution in [0.3, 0.4) is 0 Å². The highest BCUT2D eigenvalue weighted by molar-refractivity contribution is 6.06. The Hall–Kier alpha value is -3.67. The van der Waals surface area contributed by atoms with Crippen LogP contribution in [0.4, 0.5) is 5.69 Å². The fraction of sp³-hybridized carbons (Fsp3) is 0.457. The molecule has 0 spiro atoms. The third kappa shape index (κ3) is 5.61. The Morgan fingerprint density at radius 2 is 1.49 bits per heavy atom. The summed E-state index contributed by atoms with van der Waals surface area (Å²) >= 11 is 0. The number of ketones is 2. The van der Waals surface area contributed by atoms with Crippen LogP contribution in [-0.2, 0) is 14.4 Å². The summed E-state index contributed by atoms with van der Waals surface area (Å²) in [4.78, 5) is 42.6. The molecule has 41 heavy (non-hydrogen) atoms. The van der Waals surface area contributed by atoms with Crippen LogP contribution in [0.1, 0.15) is 82.9 Å². The van der Waals surface area contributed by atoms with Crippen molar-refractivity contribution in [3.05, 3.63) is 81.7 Å². The molecule has 2 aliphatic carbocycles. The van der Waals surface area contributed by atoms with Gasteiger partial charge in [-0.25, -0.2) is 0 Å². The minimum absolute atomic E-state index is 0.114. The number of carbonyl (C=O) groups excluding carboxylic acids is 3. The molecule has 1 N–H and O–H groups in total. The Bertz CT molecular complexity index is 1440. The highest BCUT2D eigenvalue weighted by atomic mass is 16.5. The van der Waals surface area contributed by atoms with Gasteiger partial charge in [0, 0.05) is 53.5 Å². The van der Waals surface area contributed by atoms with Crippen molar-refractivity contribution >= 4 is 23.2 Å². The minimum atomic E-state index is -0.428. The first-order valence-electron chi connectivity index (χ1n) is 14.7. The van der Waals surface area contributed by atoms with Gasteiger partial charge in [0.25, 0.3) is 5.91 Å². The van der Waals surface area contributed by atoms with E-state index in [0.29, 0.717) is 18.6 Å². The number of nitrogens with one attached hydrogen (secondary N) is 1. The quantitative estimate of drug-likeness (QED) is 0.415. The molecule has 6 nitrogen and oxygen atoms in total. The van der Waals surface area contributed by atoms with Gasteiger partial charge in [0.15, 0.2) is 18.2 Å². The first kappa shape index (κ1) is 28.8. The van der Waals surface area contributed by atoms with Crippen LogP contribution >= 0.6 is 0 Å². The lowest BCUT2D eigenvalue weighted by molar-refractivity contribution is -0.120. The summed E-state index contributed by atoms with van der Waals surface area (Å²) in [6, 6.07) is 13.4. The van der Waals surface area contributed by atoms with E-state index in [1.54, 1.807) is 0 Å². The Labute approximate surface area is 243 Å². The molecule has 1 amide bonds. The molecular formula is C35H42N2O4. The van der Waals surface area contributed by atoms with Crippen molar-refractivity contribution < 1.29 is 19.1 Å². The molecule has 2 aromatic carbocycles. The molecule has 5 rings (SSSR count). The van der Waals surface area contributed by atoms with Crippen molar-refractivity contribution in [1.29, 1.82) is 0 Å². The second kappa shape index (κ2) is 10.6. The Kier molecular flexibility index (Phi) is 7.47. The fourth-order valence-electron chi connectivity index (χ4n) is 6.77. The van der Waals surface area contributed by atoms with E-state index in [4.69, 9.17) is 4.74 Å². The molecule has 216 valence electrons. The highest BCUT2D eigenvalue weighted by Crippen LogP contribution is 2.54. The van der Waals surface area contributed by atoms with E-state index in [-0.39, 0.29) is 34.9 Å². The second-order valence-electron chi connectivity index (χ2n) is 13.4. The molecule has 0 saturated heterocycles. The Morgan fingerprint density at radius 1 is 0.902 bits per heavy atom. The van der Waals surface area contributed by atoms with Gasteiger partial charge in [0.1, 0.15) is 5.75 Å². The summed E-state index contributed by atoms with van der Waals surface area (Å²) in [5.74, 6) is 0.0891. The number of carbonyl (C=O) groups is 3. The number of anilines is 1. The highest BCUT2D eigenvalue weighted by Gasteiger charge is 2.48. The number of hydrogen-bond donors (Lipinski definition) is 1. The molecule has 6 heteroatoms. The van der Waals surface area contributed by atoms with Crippen LogP contribution in [0.2, 0.25) is 0 Å². The maximum Gasteiger partial charge on any atom is 0.262 e. The van der Waals surface area contributed by atoms with Gasteiger partial charge in [-0.15, -0.1) is 0 Å². The van der Waals surface area contributed by atoms with E-state index in [9.17, 15) is 14.4 Å². The van der Waals surface area contributed by atoms with Gasteiger partial charge in [-0.2, -0.15) is 0 Å². The summed E-state index contributed by atoms with van der Waals surface area (Å²) < 4.78 is 5.95. The molecule has 0 fully saturated rings. The molecule has 0 aromatic heterocycles. The number of allylic oxidation sites excluding steroid dienone is 4. The predicted octanol–water partition coefficient (Wildman–Crippen LogP) is 7.03. The average molecular weight is 555 g/mol. The number of Topliss-reactive ketones (excluding diaryl/α,β-unsaturated/α-hetero) is 2. The largest absolute Gasteiger partial charge is 0.484 e. The first-order valence-corrected chi connectivity index (χ1v) is 14.7. The van der Waals surface area contributed by atoms with Crippen molar-refractivity contribution in [3.8, 4) is 5.75 Å². The first-order chi connectivity index (χ1) is 19.3. The van der Waals surface area contributed by atoms with Crippen LogP contribution < -0.4 is 10.1 Å². The van der Waals surface area contributed by atoms with Crippen LogP contribution in [0.5, 0.6) is 5.75 Å². The number of benzene rings is 2. The third-order valence-electron chi connectivity index (χ3n) is 8.78. The van der Waals surface area contributed by atoms with Gasteiger partial charge in [-0.1, -0.05) is 52.0 Å². The van der Waals surface area contributed by atoms with Gasteiger partial charge in [-0.3, -0.25) is 14.4 Å². The lowest BCUT2D eigenvalue weighted by atomic mass is 9.63. The molecule has 0 radical (unpaired) electrons. The normalized spacial score (nSPS) is 20.1. The summed E-state index contributed by atoms with van der Waals surface area (Å²) in [5, 5.41) is 2.94. The number of ether oxygens (including phenoxy) is 1. The zero-order valence-electron chi connectivity index (χ0n) is 25.4. The number of hydrogen-bond acceptors (Lipinski definition) is 5. The molecule has 0 atom stereocenters. The van der Waals surface area contributed by atoms with Crippen molar-refractivity contribution in [2.45, 2.75) is 80.1 Å². The molecule has 3 aliphatic rings. The molecule has 0 saturated carbocycles. The molecule has 0 unspecified atom stereocenters. The zero-order chi connectivity index (χ0) is 29.7. The molecule has 0 bridgehead atoms. The Balaban J connectivity index is 1.49. The smallest absolute Gasteiger partial charge is 0.262 e. The molecular weight excluding hydrogens is 512 g/mol. The van der Waals surface area contributed by atoms with Crippen LogP contribution in [0.25, 0.3) is 0 Å². The van der Waals surface area contributed by atoms with Crippen LogP contribution in [-0.4, -0.2) is 35.5 Å². The van der Waals surface area contributed by atoms with Gasteiger partial charge in [0.05, 0.1) is 0 Å². The summed E-state index contributed by atoms with van der Waals surface area (Å²) in [5.41, 5.74) is 7.09. The number of aryl methyl sites for hydroxylation is 1. The number of rotatable bonds is 6. The lowest BCUT2D eigenvalue weighted by Gasteiger charge is -2.48. The number of nitrogens with zero attached hydrogens (tertiary/aromatic N) is 1. The van der Waals surface area contributed by atoms with Gasteiger partial charge >= 0.3 is 0 Å². The van der Waals surface area contributed by atoms with E-state index >= 15 is 0 Å². The SMILES string of the molecule is CCN1C2=C(C(=O)CC(C)(C)C2)C(c2cccc(OCC(=O)Nc3cccc(C)c3C)c2)C2=C1CC(C)(C)CC2=O. The van der Waals surface area contributed by atoms with E-state index in [2.05, 4.69) is 44.8 Å². The van der Waals surface area contributed by atoms with Gasteiger partial charge < -0.3 is 15.0 Å². The van der Waals surface area contributed by atoms with Crippen molar-refractivity contribution in [2.75, 3.05) is 18.5 Å². The van der Waals surface area contributed by atoms with Crippen molar-refractivity contribution in [3.63, 3.8) is 0 Å². The lowest BCUT2D eigenvalue weighted by Crippen LogP contribution is -2.44. The summed E-state index contributed by atoms with van der Waals surface area (Å²) in [6.07, 6.45) is 2.49. The van der Waals surface area contributed by atoms with E-state index in [0.717, 1.165) is 64.3 Å².